The Balaban J connectivity index is 2.40. The SMILES string of the molecule is CC=COCC1(C)COC(C)(C)O1. The van der Waals surface area contributed by atoms with Crippen LogP contribution in [-0.2, 0) is 14.2 Å². The molecule has 0 N–H and O–H groups in total. The average Bonchev–Trinajstić information content (AvgIpc) is 2.27. The minimum Gasteiger partial charge on any atom is -0.498 e. The van der Waals surface area contributed by atoms with E-state index in [9.17, 15) is 0 Å². The average molecular weight is 186 g/mol. The molecule has 0 spiro atoms. The lowest BCUT2D eigenvalue weighted by Gasteiger charge is -2.24. The topological polar surface area (TPSA) is 27.7 Å². The number of ether oxygens (including phenoxy) is 3. The van der Waals surface area contributed by atoms with Gasteiger partial charge in [0.25, 0.3) is 0 Å². The molecule has 3 heteroatoms. The fourth-order valence-electron chi connectivity index (χ4n) is 1.37. The van der Waals surface area contributed by atoms with Crippen LogP contribution in [0.3, 0.4) is 0 Å². The molecule has 13 heavy (non-hydrogen) atoms. The standard InChI is InChI=1S/C10H18O3/c1-5-6-11-7-10(4)8-12-9(2,3)13-10/h5-6H,7-8H2,1-4H3. The summed E-state index contributed by atoms with van der Waals surface area (Å²) in [4.78, 5) is 0. The Labute approximate surface area is 79.7 Å². The summed E-state index contributed by atoms with van der Waals surface area (Å²) in [5, 5.41) is 0. The van der Waals surface area contributed by atoms with Gasteiger partial charge in [0.05, 0.1) is 12.9 Å². The first kappa shape index (κ1) is 10.5. The maximum absolute atomic E-state index is 5.70. The Morgan fingerprint density at radius 2 is 2.08 bits per heavy atom. The molecule has 0 aliphatic carbocycles. The normalized spacial score (nSPS) is 32.6. The zero-order valence-corrected chi connectivity index (χ0v) is 8.79. The smallest absolute Gasteiger partial charge is 0.163 e. The quantitative estimate of drug-likeness (QED) is 0.631. The van der Waals surface area contributed by atoms with E-state index in [0.29, 0.717) is 13.2 Å². The largest absolute Gasteiger partial charge is 0.498 e. The molecule has 0 aromatic carbocycles. The molecule has 0 aromatic rings. The lowest BCUT2D eigenvalue weighted by molar-refractivity contribution is -0.165. The van der Waals surface area contributed by atoms with Crippen LogP contribution in [0.4, 0.5) is 0 Å². The third kappa shape index (κ3) is 3.01. The molecule has 3 nitrogen and oxygen atoms in total. The third-order valence-corrected chi connectivity index (χ3v) is 1.84. The van der Waals surface area contributed by atoms with E-state index < -0.39 is 5.79 Å². The molecule has 1 unspecified atom stereocenters. The molecule has 0 aromatic heterocycles. The lowest BCUT2D eigenvalue weighted by Crippen LogP contribution is -2.35. The molecule has 1 aliphatic rings. The van der Waals surface area contributed by atoms with Gasteiger partial charge in [-0.05, 0) is 27.7 Å². The summed E-state index contributed by atoms with van der Waals surface area (Å²) in [5.41, 5.74) is -0.316. The van der Waals surface area contributed by atoms with Crippen molar-refractivity contribution in [1.82, 2.24) is 0 Å². The third-order valence-electron chi connectivity index (χ3n) is 1.84. The summed E-state index contributed by atoms with van der Waals surface area (Å²) in [6.07, 6.45) is 3.52. The van der Waals surface area contributed by atoms with Gasteiger partial charge >= 0.3 is 0 Å². The second kappa shape index (κ2) is 3.68. The molecule has 1 fully saturated rings. The molecule has 1 rings (SSSR count). The summed E-state index contributed by atoms with van der Waals surface area (Å²) in [5.74, 6) is -0.478. The minimum absolute atomic E-state index is 0.316. The van der Waals surface area contributed by atoms with Crippen molar-refractivity contribution in [1.29, 1.82) is 0 Å². The van der Waals surface area contributed by atoms with Crippen molar-refractivity contribution in [3.63, 3.8) is 0 Å². The molecular weight excluding hydrogens is 168 g/mol. The highest BCUT2D eigenvalue weighted by molar-refractivity contribution is 4.84. The van der Waals surface area contributed by atoms with Crippen LogP contribution in [0.15, 0.2) is 12.3 Å². The van der Waals surface area contributed by atoms with Gasteiger partial charge in [0.2, 0.25) is 0 Å². The number of hydrogen-bond acceptors (Lipinski definition) is 3. The van der Waals surface area contributed by atoms with Gasteiger partial charge in [-0.1, -0.05) is 6.08 Å². The van der Waals surface area contributed by atoms with Crippen LogP contribution in [0.25, 0.3) is 0 Å². The fraction of sp³-hybridized carbons (Fsp3) is 0.800. The van der Waals surface area contributed by atoms with Crippen LogP contribution in [0, 0.1) is 0 Å². The van der Waals surface area contributed by atoms with E-state index in [1.165, 1.54) is 0 Å². The van der Waals surface area contributed by atoms with Crippen molar-refractivity contribution in [2.45, 2.75) is 39.1 Å². The highest BCUT2D eigenvalue weighted by atomic mass is 16.8. The lowest BCUT2D eigenvalue weighted by atomic mass is 10.1. The van der Waals surface area contributed by atoms with Gasteiger partial charge in [0, 0.05) is 0 Å². The molecule has 1 atom stereocenters. The molecule has 0 amide bonds. The maximum atomic E-state index is 5.70. The van der Waals surface area contributed by atoms with Gasteiger partial charge in [0.15, 0.2) is 5.79 Å². The van der Waals surface area contributed by atoms with Crippen LogP contribution in [0.1, 0.15) is 27.7 Å². The molecule has 1 aliphatic heterocycles. The Kier molecular flexibility index (Phi) is 2.98. The molecule has 76 valence electrons. The van der Waals surface area contributed by atoms with E-state index in [-0.39, 0.29) is 5.60 Å². The van der Waals surface area contributed by atoms with Gasteiger partial charge in [0.1, 0.15) is 12.2 Å². The van der Waals surface area contributed by atoms with Gasteiger partial charge in [-0.2, -0.15) is 0 Å². The number of allylic oxidation sites excluding steroid dienone is 1. The predicted octanol–water partition coefficient (Wildman–Crippen LogP) is 2.08. The van der Waals surface area contributed by atoms with Crippen molar-refractivity contribution < 1.29 is 14.2 Å². The van der Waals surface area contributed by atoms with Gasteiger partial charge in [-0.15, -0.1) is 0 Å². The van der Waals surface area contributed by atoms with E-state index in [2.05, 4.69) is 0 Å². The second-order valence-corrected chi connectivity index (χ2v) is 4.02. The number of hydrogen-bond donors (Lipinski definition) is 0. The van der Waals surface area contributed by atoms with Crippen molar-refractivity contribution in [3.8, 4) is 0 Å². The number of rotatable bonds is 3. The first-order valence-corrected chi connectivity index (χ1v) is 4.54. The summed E-state index contributed by atoms with van der Waals surface area (Å²) in [6.45, 7) is 8.84. The predicted molar refractivity (Wildman–Crippen MR) is 50.3 cm³/mol. The summed E-state index contributed by atoms with van der Waals surface area (Å²) < 4.78 is 16.4. The van der Waals surface area contributed by atoms with Crippen LogP contribution in [-0.4, -0.2) is 24.6 Å². The van der Waals surface area contributed by atoms with Crippen molar-refractivity contribution in [3.05, 3.63) is 12.3 Å². The zero-order valence-electron chi connectivity index (χ0n) is 8.79. The maximum Gasteiger partial charge on any atom is 0.163 e. The fourth-order valence-corrected chi connectivity index (χ4v) is 1.37. The monoisotopic (exact) mass is 186 g/mol. The molecule has 1 saturated heterocycles. The second-order valence-electron chi connectivity index (χ2n) is 4.02. The molecule has 0 radical (unpaired) electrons. The minimum atomic E-state index is -0.478. The molecule has 0 saturated carbocycles. The van der Waals surface area contributed by atoms with Crippen molar-refractivity contribution in [2.24, 2.45) is 0 Å². The first-order valence-electron chi connectivity index (χ1n) is 4.54. The Hall–Kier alpha value is -0.540. The van der Waals surface area contributed by atoms with Crippen molar-refractivity contribution in [2.75, 3.05) is 13.2 Å². The zero-order chi connectivity index (χ0) is 9.95. The summed E-state index contributed by atoms with van der Waals surface area (Å²) in [6, 6.07) is 0. The first-order chi connectivity index (χ1) is 5.97. The van der Waals surface area contributed by atoms with Gasteiger partial charge in [-0.3, -0.25) is 0 Å². The van der Waals surface area contributed by atoms with E-state index in [1.807, 2.05) is 33.8 Å². The Bertz CT molecular complexity index is 198. The van der Waals surface area contributed by atoms with E-state index in [4.69, 9.17) is 14.2 Å². The van der Waals surface area contributed by atoms with E-state index in [0.717, 1.165) is 0 Å². The van der Waals surface area contributed by atoms with Gasteiger partial charge < -0.3 is 14.2 Å². The summed E-state index contributed by atoms with van der Waals surface area (Å²) >= 11 is 0. The van der Waals surface area contributed by atoms with Gasteiger partial charge in [-0.25, -0.2) is 0 Å². The van der Waals surface area contributed by atoms with Crippen LogP contribution >= 0.6 is 0 Å². The Morgan fingerprint density at radius 3 is 2.54 bits per heavy atom. The molecule has 0 bridgehead atoms. The summed E-state index contributed by atoms with van der Waals surface area (Å²) in [7, 11) is 0. The van der Waals surface area contributed by atoms with Crippen molar-refractivity contribution >= 4 is 0 Å². The molecule has 1 heterocycles. The van der Waals surface area contributed by atoms with Crippen LogP contribution < -0.4 is 0 Å². The molecular formula is C10H18O3. The van der Waals surface area contributed by atoms with Crippen LogP contribution in [0.2, 0.25) is 0 Å². The van der Waals surface area contributed by atoms with Crippen LogP contribution in [0.5, 0.6) is 0 Å². The highest BCUT2D eigenvalue weighted by Crippen LogP contribution is 2.30. The van der Waals surface area contributed by atoms with E-state index >= 15 is 0 Å². The Morgan fingerprint density at radius 1 is 1.38 bits per heavy atom. The van der Waals surface area contributed by atoms with E-state index in [1.54, 1.807) is 6.26 Å². The highest BCUT2D eigenvalue weighted by Gasteiger charge is 2.42.